The van der Waals surface area contributed by atoms with E-state index in [1.54, 1.807) is 26.0 Å². The third-order valence-electron chi connectivity index (χ3n) is 3.91. The number of hydrogen-bond donors (Lipinski definition) is 3. The van der Waals surface area contributed by atoms with E-state index in [4.69, 9.17) is 9.47 Å². The Morgan fingerprint density at radius 1 is 1.42 bits per heavy atom. The van der Waals surface area contributed by atoms with Gasteiger partial charge in [-0.1, -0.05) is 13.0 Å². The van der Waals surface area contributed by atoms with Crippen LogP contribution in [0.4, 0.5) is 4.79 Å². The minimum absolute atomic E-state index is 0.0740. The summed E-state index contributed by atoms with van der Waals surface area (Å²) in [5.41, 5.74) is 1.28. The van der Waals surface area contributed by atoms with Crippen LogP contribution in [0.5, 0.6) is 11.5 Å². The molecule has 0 spiro atoms. The maximum atomic E-state index is 12.5. The Hall–Kier alpha value is -2.70. The molecular weight excluding hydrogens is 312 g/mol. The first kappa shape index (κ1) is 17.7. The lowest BCUT2D eigenvalue weighted by Gasteiger charge is -2.29. The van der Waals surface area contributed by atoms with Crippen LogP contribution in [0.15, 0.2) is 29.5 Å². The predicted octanol–water partition coefficient (Wildman–Crippen LogP) is 2.37. The van der Waals surface area contributed by atoms with Crippen LogP contribution in [0.25, 0.3) is 0 Å². The van der Waals surface area contributed by atoms with Crippen molar-refractivity contribution in [2.45, 2.75) is 39.3 Å². The Kier molecular flexibility index (Phi) is 5.33. The number of carbonyl (C=O) groups is 2. The molecule has 2 rings (SSSR count). The van der Waals surface area contributed by atoms with Gasteiger partial charge in [-0.2, -0.15) is 0 Å². The second kappa shape index (κ2) is 7.25. The number of phenols is 1. The molecule has 0 bridgehead atoms. The number of amides is 2. The zero-order valence-corrected chi connectivity index (χ0v) is 14.2. The van der Waals surface area contributed by atoms with Crippen molar-refractivity contribution in [3.8, 4) is 11.5 Å². The van der Waals surface area contributed by atoms with E-state index >= 15 is 0 Å². The molecule has 3 N–H and O–H groups in total. The second-order valence-corrected chi connectivity index (χ2v) is 5.63. The molecule has 1 aliphatic heterocycles. The van der Waals surface area contributed by atoms with Gasteiger partial charge >= 0.3 is 12.0 Å². The molecule has 0 radical (unpaired) electrons. The van der Waals surface area contributed by atoms with Gasteiger partial charge < -0.3 is 25.2 Å². The van der Waals surface area contributed by atoms with Crippen LogP contribution >= 0.6 is 0 Å². The fourth-order valence-corrected chi connectivity index (χ4v) is 2.43. The first-order valence-corrected chi connectivity index (χ1v) is 7.73. The summed E-state index contributed by atoms with van der Waals surface area (Å²) in [5.74, 6) is -0.270. The van der Waals surface area contributed by atoms with Crippen LogP contribution in [0, 0.1) is 0 Å². The smallest absolute Gasteiger partial charge is 0.338 e. The van der Waals surface area contributed by atoms with E-state index < -0.39 is 18.0 Å². The molecular formula is C17H22N2O5. The van der Waals surface area contributed by atoms with Crippen molar-refractivity contribution in [1.82, 2.24) is 10.6 Å². The van der Waals surface area contributed by atoms with E-state index in [0.29, 0.717) is 29.0 Å². The minimum Gasteiger partial charge on any atom is -0.504 e. The van der Waals surface area contributed by atoms with Gasteiger partial charge in [-0.25, -0.2) is 9.59 Å². The van der Waals surface area contributed by atoms with Crippen LogP contribution in [0.2, 0.25) is 0 Å². The Bertz CT molecular complexity index is 684. The van der Waals surface area contributed by atoms with E-state index in [-0.39, 0.29) is 11.9 Å². The van der Waals surface area contributed by atoms with Crippen LogP contribution in [0.3, 0.4) is 0 Å². The summed E-state index contributed by atoms with van der Waals surface area (Å²) in [6.45, 7) is 5.36. The van der Waals surface area contributed by atoms with Gasteiger partial charge in [0, 0.05) is 5.70 Å². The number of nitrogens with one attached hydrogen (secondary N) is 2. The Morgan fingerprint density at radius 2 is 2.12 bits per heavy atom. The van der Waals surface area contributed by atoms with Gasteiger partial charge in [-0.3, -0.25) is 0 Å². The van der Waals surface area contributed by atoms with E-state index in [1.807, 2.05) is 6.92 Å². The average Bonchev–Trinajstić information content (AvgIpc) is 2.53. The van der Waals surface area contributed by atoms with E-state index in [9.17, 15) is 14.7 Å². The number of ether oxygens (including phenoxy) is 2. The van der Waals surface area contributed by atoms with Gasteiger partial charge in [0.1, 0.15) is 0 Å². The summed E-state index contributed by atoms with van der Waals surface area (Å²) in [7, 11) is 1.44. The van der Waals surface area contributed by atoms with Gasteiger partial charge in [0.05, 0.1) is 24.8 Å². The molecule has 0 fully saturated rings. The number of benzene rings is 1. The zero-order chi connectivity index (χ0) is 17.9. The Balaban J connectivity index is 2.41. The number of methoxy groups -OCH3 is 1. The monoisotopic (exact) mass is 334 g/mol. The lowest BCUT2D eigenvalue weighted by atomic mass is 9.95. The molecule has 0 aromatic heterocycles. The van der Waals surface area contributed by atoms with Gasteiger partial charge in [0.2, 0.25) is 0 Å². The SMILES string of the molecule is CC[C@H](C)OC(=O)C1=C(C)NC(=O)N[C@@H]1c1ccc(OC)c(O)c1. The Labute approximate surface area is 140 Å². The molecule has 0 aliphatic carbocycles. The van der Waals surface area contributed by atoms with Crippen LogP contribution in [0.1, 0.15) is 38.8 Å². The molecule has 2 amide bonds. The summed E-state index contributed by atoms with van der Waals surface area (Å²) in [6, 6.07) is 3.57. The number of hydrogen-bond acceptors (Lipinski definition) is 5. The van der Waals surface area contributed by atoms with Crippen molar-refractivity contribution in [3.05, 3.63) is 35.0 Å². The average molecular weight is 334 g/mol. The van der Waals surface area contributed by atoms with Gasteiger partial charge in [0.15, 0.2) is 11.5 Å². The molecule has 7 nitrogen and oxygen atoms in total. The molecule has 0 saturated carbocycles. The van der Waals surface area contributed by atoms with Gasteiger partial charge in [0.25, 0.3) is 0 Å². The maximum absolute atomic E-state index is 12.5. The highest BCUT2D eigenvalue weighted by molar-refractivity contribution is 5.95. The van der Waals surface area contributed by atoms with Crippen LogP contribution in [-0.2, 0) is 9.53 Å². The summed E-state index contributed by atoms with van der Waals surface area (Å²) in [5, 5.41) is 15.2. The van der Waals surface area contributed by atoms with Gasteiger partial charge in [-0.15, -0.1) is 0 Å². The van der Waals surface area contributed by atoms with Crippen molar-refractivity contribution in [3.63, 3.8) is 0 Å². The first-order chi connectivity index (χ1) is 11.4. The number of carbonyl (C=O) groups excluding carboxylic acids is 2. The minimum atomic E-state index is -0.716. The van der Waals surface area contributed by atoms with Crippen LogP contribution in [-0.4, -0.2) is 30.3 Å². The van der Waals surface area contributed by atoms with Crippen molar-refractivity contribution in [2.75, 3.05) is 7.11 Å². The molecule has 7 heteroatoms. The lowest BCUT2D eigenvalue weighted by Crippen LogP contribution is -2.45. The van der Waals surface area contributed by atoms with Crippen molar-refractivity contribution in [2.24, 2.45) is 0 Å². The highest BCUT2D eigenvalue weighted by Crippen LogP contribution is 2.33. The number of phenolic OH excluding ortho intramolecular Hbond substituents is 1. The fraction of sp³-hybridized carbons (Fsp3) is 0.412. The summed E-state index contributed by atoms with van der Waals surface area (Å²) < 4.78 is 10.4. The fourth-order valence-electron chi connectivity index (χ4n) is 2.43. The van der Waals surface area contributed by atoms with E-state index in [2.05, 4.69) is 10.6 Å². The van der Waals surface area contributed by atoms with Gasteiger partial charge in [-0.05, 0) is 38.0 Å². The summed E-state index contributed by atoms with van der Waals surface area (Å²) >= 11 is 0. The third-order valence-corrected chi connectivity index (χ3v) is 3.91. The zero-order valence-electron chi connectivity index (χ0n) is 14.2. The number of allylic oxidation sites excluding steroid dienone is 1. The summed E-state index contributed by atoms with van der Waals surface area (Å²) in [6.07, 6.45) is 0.451. The number of aromatic hydroxyl groups is 1. The number of urea groups is 1. The molecule has 130 valence electrons. The molecule has 1 heterocycles. The standard InChI is InChI=1S/C17H22N2O5/c1-5-9(2)24-16(21)14-10(3)18-17(22)19-15(14)11-6-7-13(23-4)12(20)8-11/h6-9,15,20H,5H2,1-4H3,(H2,18,19,22)/t9-,15+/m0/s1. The largest absolute Gasteiger partial charge is 0.504 e. The molecule has 2 atom stereocenters. The molecule has 1 aromatic rings. The van der Waals surface area contributed by atoms with Crippen molar-refractivity contribution >= 4 is 12.0 Å². The molecule has 1 aromatic carbocycles. The quantitative estimate of drug-likeness (QED) is 0.718. The highest BCUT2D eigenvalue weighted by atomic mass is 16.5. The third kappa shape index (κ3) is 3.61. The lowest BCUT2D eigenvalue weighted by molar-refractivity contribution is -0.144. The Morgan fingerprint density at radius 3 is 2.71 bits per heavy atom. The first-order valence-electron chi connectivity index (χ1n) is 7.73. The normalized spacial score (nSPS) is 18.5. The maximum Gasteiger partial charge on any atom is 0.338 e. The topological polar surface area (TPSA) is 96.9 Å². The van der Waals surface area contributed by atoms with Crippen LogP contribution < -0.4 is 15.4 Å². The summed E-state index contributed by atoms with van der Waals surface area (Å²) in [4.78, 5) is 24.3. The number of rotatable bonds is 5. The van der Waals surface area contributed by atoms with Crippen molar-refractivity contribution < 1.29 is 24.2 Å². The number of esters is 1. The molecule has 0 saturated heterocycles. The molecule has 24 heavy (non-hydrogen) atoms. The van der Waals surface area contributed by atoms with E-state index in [1.165, 1.54) is 13.2 Å². The second-order valence-electron chi connectivity index (χ2n) is 5.63. The molecule has 1 aliphatic rings. The highest BCUT2D eigenvalue weighted by Gasteiger charge is 2.33. The van der Waals surface area contributed by atoms with E-state index in [0.717, 1.165) is 0 Å². The molecule has 0 unspecified atom stereocenters. The van der Waals surface area contributed by atoms with Crippen molar-refractivity contribution in [1.29, 1.82) is 0 Å². The predicted molar refractivity (Wildman–Crippen MR) is 87.6 cm³/mol.